The molecule has 3 heteroatoms. The van der Waals surface area contributed by atoms with Crippen LogP contribution >= 0.6 is 11.6 Å². The second-order valence-corrected chi connectivity index (χ2v) is 6.11. The number of amides is 1. The number of piperidine rings is 1. The van der Waals surface area contributed by atoms with E-state index in [0.29, 0.717) is 12.3 Å². The van der Waals surface area contributed by atoms with E-state index in [1.165, 1.54) is 11.1 Å². The lowest BCUT2D eigenvalue weighted by atomic mass is 9.98. The highest BCUT2D eigenvalue weighted by Gasteiger charge is 2.26. The smallest absolute Gasteiger partial charge is 0.222 e. The minimum Gasteiger partial charge on any atom is -0.342 e. The number of benzene rings is 1. The zero-order chi connectivity index (χ0) is 13.8. The van der Waals surface area contributed by atoms with E-state index in [2.05, 4.69) is 26.0 Å². The third-order valence-corrected chi connectivity index (χ3v) is 4.67. The molecule has 0 N–H and O–H groups in total. The van der Waals surface area contributed by atoms with Gasteiger partial charge in [0.1, 0.15) is 0 Å². The van der Waals surface area contributed by atoms with Crippen LogP contribution in [0.2, 0.25) is 0 Å². The Labute approximate surface area is 120 Å². The molecule has 0 aromatic heterocycles. The van der Waals surface area contributed by atoms with E-state index in [9.17, 15) is 4.79 Å². The fourth-order valence-electron chi connectivity index (χ4n) is 2.63. The van der Waals surface area contributed by atoms with Crippen molar-refractivity contribution in [2.45, 2.75) is 38.5 Å². The molecule has 0 radical (unpaired) electrons. The predicted molar refractivity (Wildman–Crippen MR) is 79.5 cm³/mol. The number of halogens is 1. The van der Waals surface area contributed by atoms with Crippen molar-refractivity contribution in [1.82, 2.24) is 4.90 Å². The molecule has 104 valence electrons. The highest BCUT2D eigenvalue weighted by atomic mass is 35.5. The lowest BCUT2D eigenvalue weighted by Crippen LogP contribution is -2.43. The molecule has 0 spiro atoms. The molecule has 0 saturated carbocycles. The number of aryl methyl sites for hydroxylation is 2. The molecule has 2 nitrogen and oxygen atoms in total. The third kappa shape index (κ3) is 3.73. The van der Waals surface area contributed by atoms with Gasteiger partial charge in [0.05, 0.1) is 0 Å². The molecule has 1 fully saturated rings. The van der Waals surface area contributed by atoms with Crippen LogP contribution in [0.15, 0.2) is 24.3 Å². The molecule has 0 aliphatic carbocycles. The topological polar surface area (TPSA) is 20.3 Å². The number of carbonyl (C=O) groups is 1. The fraction of sp³-hybridized carbons (Fsp3) is 0.562. The van der Waals surface area contributed by atoms with Crippen LogP contribution < -0.4 is 0 Å². The first-order valence-corrected chi connectivity index (χ1v) is 7.48. The van der Waals surface area contributed by atoms with Crippen molar-refractivity contribution in [1.29, 1.82) is 0 Å². The summed E-state index contributed by atoms with van der Waals surface area (Å²) >= 11 is 6.19. The minimum absolute atomic E-state index is 0.223. The second kappa shape index (κ2) is 6.42. The fourth-order valence-corrected chi connectivity index (χ4v) is 2.81. The van der Waals surface area contributed by atoms with Gasteiger partial charge >= 0.3 is 0 Å². The van der Waals surface area contributed by atoms with Crippen LogP contribution in [0.25, 0.3) is 0 Å². The van der Waals surface area contributed by atoms with E-state index in [1.807, 2.05) is 17.0 Å². The predicted octanol–water partition coefficient (Wildman–Crippen LogP) is 3.40. The van der Waals surface area contributed by atoms with Crippen molar-refractivity contribution >= 4 is 17.5 Å². The summed E-state index contributed by atoms with van der Waals surface area (Å²) in [6, 6.07) is 8.28. The van der Waals surface area contributed by atoms with Crippen LogP contribution in [0.5, 0.6) is 0 Å². The largest absolute Gasteiger partial charge is 0.342 e. The van der Waals surface area contributed by atoms with Crippen LogP contribution in [-0.4, -0.2) is 29.3 Å². The van der Waals surface area contributed by atoms with Crippen molar-refractivity contribution in [3.8, 4) is 0 Å². The van der Waals surface area contributed by atoms with Crippen molar-refractivity contribution in [3.63, 3.8) is 0 Å². The van der Waals surface area contributed by atoms with Crippen LogP contribution in [0.1, 0.15) is 30.9 Å². The summed E-state index contributed by atoms with van der Waals surface area (Å²) in [6.07, 6.45) is 2.35. The van der Waals surface area contributed by atoms with Gasteiger partial charge in [-0.05, 0) is 36.8 Å². The summed E-state index contributed by atoms with van der Waals surface area (Å²) in [4.78, 5) is 14.2. The molecular formula is C16H22ClNO. The van der Waals surface area contributed by atoms with Crippen LogP contribution in [0, 0.1) is 12.8 Å². The van der Waals surface area contributed by atoms with Crippen molar-refractivity contribution in [2.75, 3.05) is 13.1 Å². The average Bonchev–Trinajstić information content (AvgIpc) is 2.40. The van der Waals surface area contributed by atoms with Crippen molar-refractivity contribution < 1.29 is 4.79 Å². The Hall–Kier alpha value is -1.02. The molecule has 1 aliphatic heterocycles. The van der Waals surface area contributed by atoms with E-state index in [1.54, 1.807) is 0 Å². The molecule has 1 amide bonds. The first kappa shape index (κ1) is 14.4. The van der Waals surface area contributed by atoms with Crippen LogP contribution in [0.4, 0.5) is 0 Å². The van der Waals surface area contributed by atoms with Crippen molar-refractivity contribution in [3.05, 3.63) is 35.4 Å². The highest BCUT2D eigenvalue weighted by Crippen LogP contribution is 2.22. The molecule has 1 aromatic carbocycles. The molecule has 2 rings (SSSR count). The Balaban J connectivity index is 1.87. The Bertz CT molecular complexity index is 446. The zero-order valence-electron chi connectivity index (χ0n) is 11.7. The minimum atomic E-state index is 0.223. The van der Waals surface area contributed by atoms with E-state index in [4.69, 9.17) is 11.6 Å². The monoisotopic (exact) mass is 279 g/mol. The highest BCUT2D eigenvalue weighted by molar-refractivity contribution is 6.20. The van der Waals surface area contributed by atoms with Gasteiger partial charge in [-0.3, -0.25) is 4.79 Å². The summed E-state index contributed by atoms with van der Waals surface area (Å²) in [5, 5.41) is 0.223. The molecule has 0 bridgehead atoms. The van der Waals surface area contributed by atoms with Gasteiger partial charge in [0.25, 0.3) is 0 Å². The molecule has 1 heterocycles. The van der Waals surface area contributed by atoms with Gasteiger partial charge in [-0.1, -0.05) is 31.2 Å². The molecule has 1 saturated heterocycles. The maximum atomic E-state index is 12.2. The summed E-state index contributed by atoms with van der Waals surface area (Å²) in [5.41, 5.74) is 2.54. The van der Waals surface area contributed by atoms with Gasteiger partial charge in [0.2, 0.25) is 5.91 Å². The molecule has 2 atom stereocenters. The number of carbonyl (C=O) groups excluding carboxylic acids is 1. The molecule has 1 aromatic rings. The van der Waals surface area contributed by atoms with Gasteiger partial charge in [0.15, 0.2) is 0 Å². The average molecular weight is 280 g/mol. The normalized spacial score (nSPS) is 23.4. The summed E-state index contributed by atoms with van der Waals surface area (Å²) in [7, 11) is 0. The standard InChI is InChI=1S/C16H22ClNO/c1-12-5-3-4-6-14(12)7-8-16(19)18-10-9-15(17)13(2)11-18/h3-6,13,15H,7-11H2,1-2H3. The summed E-state index contributed by atoms with van der Waals surface area (Å²) < 4.78 is 0. The summed E-state index contributed by atoms with van der Waals surface area (Å²) in [6.45, 7) is 5.84. The third-order valence-electron chi connectivity index (χ3n) is 4.02. The van der Waals surface area contributed by atoms with Gasteiger partial charge in [-0.2, -0.15) is 0 Å². The number of rotatable bonds is 3. The van der Waals surface area contributed by atoms with E-state index in [0.717, 1.165) is 25.9 Å². The number of nitrogens with zero attached hydrogens (tertiary/aromatic N) is 1. The Kier molecular flexibility index (Phi) is 4.87. The Morgan fingerprint density at radius 3 is 2.84 bits per heavy atom. The van der Waals surface area contributed by atoms with Gasteiger partial charge < -0.3 is 4.90 Å². The molecular weight excluding hydrogens is 258 g/mol. The lowest BCUT2D eigenvalue weighted by Gasteiger charge is -2.34. The number of alkyl halides is 1. The summed E-state index contributed by atoms with van der Waals surface area (Å²) in [5.74, 6) is 0.663. The van der Waals surface area contributed by atoms with Crippen molar-refractivity contribution in [2.24, 2.45) is 5.92 Å². The lowest BCUT2D eigenvalue weighted by molar-refractivity contribution is -0.132. The zero-order valence-corrected chi connectivity index (χ0v) is 12.5. The second-order valence-electron chi connectivity index (χ2n) is 5.55. The quantitative estimate of drug-likeness (QED) is 0.777. The van der Waals surface area contributed by atoms with Gasteiger partial charge in [-0.15, -0.1) is 11.6 Å². The maximum absolute atomic E-state index is 12.2. The molecule has 1 aliphatic rings. The molecule has 19 heavy (non-hydrogen) atoms. The maximum Gasteiger partial charge on any atom is 0.222 e. The van der Waals surface area contributed by atoms with E-state index >= 15 is 0 Å². The van der Waals surface area contributed by atoms with Crippen LogP contribution in [-0.2, 0) is 11.2 Å². The van der Waals surface area contributed by atoms with E-state index in [-0.39, 0.29) is 11.3 Å². The number of hydrogen-bond acceptors (Lipinski definition) is 1. The first-order chi connectivity index (χ1) is 9.08. The first-order valence-electron chi connectivity index (χ1n) is 7.04. The number of likely N-dealkylation sites (tertiary alicyclic amines) is 1. The molecule has 2 unspecified atom stereocenters. The number of hydrogen-bond donors (Lipinski definition) is 0. The van der Waals surface area contributed by atoms with Gasteiger partial charge in [-0.25, -0.2) is 0 Å². The van der Waals surface area contributed by atoms with Gasteiger partial charge in [0, 0.05) is 24.9 Å². The van der Waals surface area contributed by atoms with Crippen LogP contribution in [0.3, 0.4) is 0 Å². The van der Waals surface area contributed by atoms with E-state index < -0.39 is 0 Å². The Morgan fingerprint density at radius 1 is 1.42 bits per heavy atom. The SMILES string of the molecule is Cc1ccccc1CCC(=O)N1CCC(Cl)C(C)C1. The Morgan fingerprint density at radius 2 is 2.16 bits per heavy atom.